The van der Waals surface area contributed by atoms with E-state index in [9.17, 15) is 39.6 Å². The van der Waals surface area contributed by atoms with Crippen LogP contribution < -0.4 is 0 Å². The van der Waals surface area contributed by atoms with Crippen molar-refractivity contribution in [2.24, 2.45) is 40.4 Å². The zero-order valence-electron chi connectivity index (χ0n) is 29.1. The van der Waals surface area contributed by atoms with E-state index in [2.05, 4.69) is 0 Å². The molecule has 2 fully saturated rings. The Morgan fingerprint density at radius 3 is 2.15 bits per heavy atom. The zero-order valence-corrected chi connectivity index (χ0v) is 29.1. The number of phenolic OH excluding ortho intramolecular Hbond substituents is 1. The minimum absolute atomic E-state index is 0.00951. The van der Waals surface area contributed by atoms with Crippen LogP contribution in [0.1, 0.15) is 134 Å². The molecule has 0 bridgehead atoms. The molecule has 0 saturated heterocycles. The molecular formula is C40H52O8. The molecule has 8 heteroatoms. The highest BCUT2D eigenvalue weighted by atomic mass is 16.4. The fourth-order valence-electron chi connectivity index (χ4n) is 11.3. The summed E-state index contributed by atoms with van der Waals surface area (Å²) in [6.07, 6.45) is 10.3. The van der Waals surface area contributed by atoms with Gasteiger partial charge in [0.2, 0.25) is 5.78 Å². The second-order valence-electron chi connectivity index (χ2n) is 16.3. The fourth-order valence-corrected chi connectivity index (χ4v) is 11.3. The number of rotatable bonds is 8. The fraction of sp³-hybridized carbons (Fsp3) is 0.650. The number of phenols is 1. The molecule has 1 aromatic carbocycles. The van der Waals surface area contributed by atoms with Crippen LogP contribution in [0, 0.1) is 40.4 Å². The van der Waals surface area contributed by atoms with Crippen LogP contribution in [0.4, 0.5) is 0 Å². The van der Waals surface area contributed by atoms with Crippen LogP contribution in [0.2, 0.25) is 0 Å². The highest BCUT2D eigenvalue weighted by Crippen LogP contribution is 2.72. The van der Waals surface area contributed by atoms with Gasteiger partial charge in [-0.05, 0) is 67.9 Å². The Morgan fingerprint density at radius 1 is 0.917 bits per heavy atom. The summed E-state index contributed by atoms with van der Waals surface area (Å²) in [6.45, 7) is 8.34. The van der Waals surface area contributed by atoms with Crippen molar-refractivity contribution in [2.45, 2.75) is 123 Å². The second-order valence-corrected chi connectivity index (χ2v) is 16.3. The quantitative estimate of drug-likeness (QED) is 0.208. The first kappa shape index (κ1) is 34.6. The highest BCUT2D eigenvalue weighted by molar-refractivity contribution is 6.25. The maximum Gasteiger partial charge on any atom is 0.209 e. The van der Waals surface area contributed by atoms with Crippen LogP contribution in [0.25, 0.3) is 0 Å². The molecule has 0 heterocycles. The molecule has 2 saturated carbocycles. The summed E-state index contributed by atoms with van der Waals surface area (Å²) >= 11 is 0. The van der Waals surface area contributed by atoms with Crippen molar-refractivity contribution >= 4 is 23.1 Å². The first-order chi connectivity index (χ1) is 22.6. The number of benzene rings is 1. The average molecular weight is 661 g/mol. The smallest absolute Gasteiger partial charge is 0.209 e. The van der Waals surface area contributed by atoms with Crippen molar-refractivity contribution in [3.63, 3.8) is 0 Å². The largest absolute Gasteiger partial charge is 0.511 e. The number of hydrogen-bond acceptors (Lipinski definition) is 8. The number of allylic oxidation sites excluding steroid dienone is 2. The number of fused-ring (bicyclic) bond motifs is 3. The van der Waals surface area contributed by atoms with Crippen molar-refractivity contribution in [1.29, 1.82) is 0 Å². The maximum absolute atomic E-state index is 14.7. The van der Waals surface area contributed by atoms with Gasteiger partial charge in [-0.2, -0.15) is 0 Å². The number of carbonyl (C=O) groups is 4. The lowest BCUT2D eigenvalue weighted by Crippen LogP contribution is -2.72. The van der Waals surface area contributed by atoms with Gasteiger partial charge in [0, 0.05) is 34.7 Å². The monoisotopic (exact) mass is 660 g/mol. The van der Waals surface area contributed by atoms with E-state index < -0.39 is 74.5 Å². The van der Waals surface area contributed by atoms with E-state index in [0.29, 0.717) is 17.9 Å². The van der Waals surface area contributed by atoms with Gasteiger partial charge in [0.05, 0.1) is 5.56 Å². The molecule has 8 nitrogen and oxygen atoms in total. The van der Waals surface area contributed by atoms with Crippen molar-refractivity contribution in [1.82, 2.24) is 0 Å². The molecule has 4 N–H and O–H groups in total. The molecule has 260 valence electrons. The summed E-state index contributed by atoms with van der Waals surface area (Å²) in [5, 5.41) is 48.3. The third-order valence-electron chi connectivity index (χ3n) is 13.5. The minimum atomic E-state index is -2.78. The molecule has 5 aliphatic rings. The van der Waals surface area contributed by atoms with E-state index in [0.717, 1.165) is 71.1 Å². The van der Waals surface area contributed by atoms with Gasteiger partial charge in [0.15, 0.2) is 17.2 Å². The number of aliphatic hydroxyl groups is 3. The Bertz CT molecular complexity index is 1600. The number of aromatic hydroxyl groups is 1. The van der Waals surface area contributed by atoms with Gasteiger partial charge >= 0.3 is 0 Å². The van der Waals surface area contributed by atoms with Crippen LogP contribution in [0.15, 0.2) is 40.9 Å². The molecule has 48 heavy (non-hydrogen) atoms. The van der Waals surface area contributed by atoms with Crippen molar-refractivity contribution in [2.75, 3.05) is 0 Å². The van der Waals surface area contributed by atoms with Gasteiger partial charge in [-0.25, -0.2) is 0 Å². The number of Topliss-reactive ketones (excluding diaryl/α,β-unsaturated/α-hetero) is 4. The molecule has 6 rings (SSSR count). The van der Waals surface area contributed by atoms with Gasteiger partial charge in [-0.1, -0.05) is 84.8 Å². The topological polar surface area (TPSA) is 149 Å². The Balaban J connectivity index is 1.67. The van der Waals surface area contributed by atoms with Crippen LogP contribution in [-0.2, 0) is 14.4 Å². The molecule has 0 aromatic heterocycles. The molecule has 1 aromatic rings. The summed E-state index contributed by atoms with van der Waals surface area (Å²) in [7, 11) is 0. The minimum Gasteiger partial charge on any atom is -0.511 e. The lowest BCUT2D eigenvalue weighted by atomic mass is 9.37. The Morgan fingerprint density at radius 2 is 1.54 bits per heavy atom. The Hall–Kier alpha value is -3.26. The highest BCUT2D eigenvalue weighted by Gasteiger charge is 2.76. The summed E-state index contributed by atoms with van der Waals surface area (Å²) < 4.78 is 0. The first-order valence-corrected chi connectivity index (χ1v) is 18.2. The molecule has 0 amide bonds. The van der Waals surface area contributed by atoms with E-state index in [1.807, 2.05) is 26.8 Å². The number of hydrogen-bond donors (Lipinski definition) is 4. The standard InChI is InChI=1S/C40H52O8/c1-21(2)32-34(44)30(22(3)41)36(46)40(48)37(47)33-35(45)31-25(16-11-17-27(31)42)26(19-18-23-12-9-10-13-23)38(33,4)29(39(32,40)5)20-28(43)24-14-7-6-8-15-24/h11,16-17,21,23-24,26,29,32,42,44,47-48H,6-10,12-15,18-20H2,1-5H3/t26-,29-,32?,38-,39-,40+/m1/s1. The van der Waals surface area contributed by atoms with Gasteiger partial charge in [0.25, 0.3) is 0 Å². The molecule has 0 radical (unpaired) electrons. The molecule has 1 unspecified atom stereocenters. The van der Waals surface area contributed by atoms with Crippen LogP contribution in [0.5, 0.6) is 5.75 Å². The second kappa shape index (κ2) is 12.3. The normalized spacial score (nSPS) is 34.4. The lowest BCUT2D eigenvalue weighted by Gasteiger charge is -2.65. The third kappa shape index (κ3) is 4.71. The zero-order chi connectivity index (χ0) is 34.9. The molecule has 6 atom stereocenters. The van der Waals surface area contributed by atoms with E-state index in [4.69, 9.17) is 0 Å². The molecule has 0 spiro atoms. The predicted molar refractivity (Wildman–Crippen MR) is 181 cm³/mol. The van der Waals surface area contributed by atoms with Crippen LogP contribution >= 0.6 is 0 Å². The predicted octanol–water partition coefficient (Wildman–Crippen LogP) is 7.62. The SMILES string of the molecule is CC(=O)C1=C(O)C(C(C)C)[C@@]2(C)[C@H](CC(=O)C3CCCCC3)[C@]3(C)C(=C(O)[C@@]2(O)C1=O)C(=O)c1c(O)cccc1[C@H]3CCC1CCCC1. The van der Waals surface area contributed by atoms with Crippen LogP contribution in [0.3, 0.4) is 0 Å². The van der Waals surface area contributed by atoms with E-state index >= 15 is 0 Å². The maximum atomic E-state index is 14.7. The van der Waals surface area contributed by atoms with Crippen molar-refractivity contribution < 1.29 is 39.6 Å². The lowest BCUT2D eigenvalue weighted by molar-refractivity contribution is -0.194. The molecular weight excluding hydrogens is 608 g/mol. The van der Waals surface area contributed by atoms with E-state index in [1.165, 1.54) is 6.07 Å². The summed E-state index contributed by atoms with van der Waals surface area (Å²) in [4.78, 5) is 56.7. The molecule has 0 aliphatic heterocycles. The number of aliphatic hydroxyl groups excluding tert-OH is 2. The van der Waals surface area contributed by atoms with Gasteiger partial charge in [-0.15, -0.1) is 0 Å². The Labute approximate surface area is 283 Å². The number of ketones is 4. The van der Waals surface area contributed by atoms with Crippen molar-refractivity contribution in [3.05, 3.63) is 52.0 Å². The summed E-state index contributed by atoms with van der Waals surface area (Å²) in [5.74, 6) is -6.64. The van der Waals surface area contributed by atoms with Gasteiger partial charge in [0.1, 0.15) is 28.6 Å². The summed E-state index contributed by atoms with van der Waals surface area (Å²) in [6, 6.07) is 4.97. The first-order valence-electron chi connectivity index (χ1n) is 18.2. The number of carbonyl (C=O) groups excluding carboxylic acids is 4. The van der Waals surface area contributed by atoms with Gasteiger partial charge < -0.3 is 20.4 Å². The van der Waals surface area contributed by atoms with E-state index in [1.54, 1.807) is 13.0 Å². The molecule has 5 aliphatic carbocycles. The third-order valence-corrected chi connectivity index (χ3v) is 13.5. The van der Waals surface area contributed by atoms with E-state index in [-0.39, 0.29) is 35.0 Å². The van der Waals surface area contributed by atoms with Crippen molar-refractivity contribution in [3.8, 4) is 5.75 Å². The van der Waals surface area contributed by atoms with Crippen LogP contribution in [-0.4, -0.2) is 49.2 Å². The average Bonchev–Trinajstić information content (AvgIpc) is 3.55. The summed E-state index contributed by atoms with van der Waals surface area (Å²) in [5.41, 5.74) is -5.84. The van der Waals surface area contributed by atoms with Gasteiger partial charge in [-0.3, -0.25) is 19.2 Å². The Kier molecular flexibility index (Phi) is 8.83.